The Bertz CT molecular complexity index is 2140. The van der Waals surface area contributed by atoms with Gasteiger partial charge >= 0.3 is 5.89 Å². The van der Waals surface area contributed by atoms with Crippen molar-refractivity contribution < 1.29 is 18.5 Å². The summed E-state index contributed by atoms with van der Waals surface area (Å²) in [4.78, 5) is 18.0. The zero-order valence-electron chi connectivity index (χ0n) is 28.7. The molecular weight excluding hydrogens is 639 g/mol. The molecule has 3 heterocycles. The largest absolute Gasteiger partial charge is 0.494 e. The molecule has 6 rings (SSSR count). The van der Waals surface area contributed by atoms with Gasteiger partial charge < -0.3 is 18.8 Å². The summed E-state index contributed by atoms with van der Waals surface area (Å²) in [7, 11) is 0. The van der Waals surface area contributed by atoms with Crippen molar-refractivity contribution >= 4 is 51.0 Å². The van der Waals surface area contributed by atoms with Gasteiger partial charge in [-0.3, -0.25) is 9.36 Å². The lowest BCUT2D eigenvalue weighted by Gasteiger charge is -2.19. The van der Waals surface area contributed by atoms with Crippen LogP contribution in [0.5, 0.6) is 5.75 Å². The number of hydrogen-bond donors (Lipinski definition) is 0. The first-order valence-corrected chi connectivity index (χ1v) is 18.5. The molecule has 0 amide bonds. The first-order chi connectivity index (χ1) is 23.4. The van der Waals surface area contributed by atoms with Gasteiger partial charge in [-0.25, -0.2) is 0 Å². The SMILES string of the molecule is CCOCCC(c1oc2ccccc2[n+]1CC)=c1s/c(=C(/C=C2Sc3cc(C)c(OCC)cc3N2CC)c2ccccc2)c(=O)n1CC. The van der Waals surface area contributed by atoms with E-state index in [1.807, 2.05) is 61.7 Å². The molecule has 0 unspecified atom stereocenters. The second-order valence-electron chi connectivity index (χ2n) is 11.5. The molecule has 0 bridgehead atoms. The van der Waals surface area contributed by atoms with Crippen LogP contribution >= 0.6 is 23.1 Å². The molecule has 0 aliphatic carbocycles. The predicted octanol–water partition coefficient (Wildman–Crippen LogP) is 6.99. The summed E-state index contributed by atoms with van der Waals surface area (Å²) in [6.45, 7) is 16.3. The van der Waals surface area contributed by atoms with Crippen LogP contribution in [0.2, 0.25) is 0 Å². The highest BCUT2D eigenvalue weighted by atomic mass is 32.2. The molecule has 250 valence electrons. The first kappa shape index (κ1) is 33.8. The summed E-state index contributed by atoms with van der Waals surface area (Å²) in [5, 5.41) is 1.08. The smallest absolute Gasteiger partial charge is 0.380 e. The number of hydrogen-bond acceptors (Lipinski definition) is 7. The highest BCUT2D eigenvalue weighted by Crippen LogP contribution is 2.48. The summed E-state index contributed by atoms with van der Waals surface area (Å²) in [5.41, 5.74) is 7.00. The average Bonchev–Trinajstić information content (AvgIpc) is 3.75. The Kier molecular flexibility index (Phi) is 10.6. The Morgan fingerprint density at radius 3 is 2.44 bits per heavy atom. The molecular formula is C39H44N3O4S2+. The summed E-state index contributed by atoms with van der Waals surface area (Å²) < 4.78 is 24.1. The molecule has 0 radical (unpaired) electrons. The number of nitrogens with zero attached hydrogens (tertiary/aromatic N) is 3. The van der Waals surface area contributed by atoms with Gasteiger partial charge in [-0.05, 0) is 70.9 Å². The Morgan fingerprint density at radius 1 is 0.958 bits per heavy atom. The van der Waals surface area contributed by atoms with Crippen molar-refractivity contribution in [3.05, 3.63) is 114 Å². The number of benzene rings is 3. The molecule has 48 heavy (non-hydrogen) atoms. The van der Waals surface area contributed by atoms with Gasteiger partial charge in [0.25, 0.3) is 11.1 Å². The highest BCUT2D eigenvalue weighted by molar-refractivity contribution is 8.03. The molecule has 0 atom stereocenters. The van der Waals surface area contributed by atoms with Gasteiger partial charge in [0, 0.05) is 48.7 Å². The molecule has 7 nitrogen and oxygen atoms in total. The van der Waals surface area contributed by atoms with E-state index < -0.39 is 0 Å². The fourth-order valence-corrected chi connectivity index (χ4v) is 8.85. The van der Waals surface area contributed by atoms with Crippen LogP contribution in [0.15, 0.2) is 91.9 Å². The van der Waals surface area contributed by atoms with Gasteiger partial charge in [0.2, 0.25) is 5.58 Å². The minimum absolute atomic E-state index is 0.000640. The molecule has 0 saturated carbocycles. The van der Waals surface area contributed by atoms with Crippen LogP contribution in [0.1, 0.15) is 58.1 Å². The van der Waals surface area contributed by atoms with E-state index in [1.165, 1.54) is 4.90 Å². The van der Waals surface area contributed by atoms with Gasteiger partial charge in [0.1, 0.15) is 27.1 Å². The topological polar surface area (TPSA) is 60.7 Å². The zero-order chi connectivity index (χ0) is 33.8. The Labute approximate surface area is 290 Å². The molecule has 5 aromatic rings. The number of thioether (sulfide) groups is 1. The average molecular weight is 683 g/mol. The third kappa shape index (κ3) is 6.39. The van der Waals surface area contributed by atoms with E-state index in [9.17, 15) is 4.79 Å². The fourth-order valence-electron chi connectivity index (χ4n) is 6.29. The summed E-state index contributed by atoms with van der Waals surface area (Å²) in [6.07, 6.45) is 2.81. The third-order valence-electron chi connectivity index (χ3n) is 8.58. The highest BCUT2D eigenvalue weighted by Gasteiger charge is 2.29. The van der Waals surface area contributed by atoms with Crippen molar-refractivity contribution in [2.24, 2.45) is 0 Å². The second kappa shape index (κ2) is 15.0. The maximum absolute atomic E-state index is 14.5. The van der Waals surface area contributed by atoms with Gasteiger partial charge in [-0.1, -0.05) is 54.2 Å². The molecule has 0 spiro atoms. The molecule has 3 aromatic carbocycles. The van der Waals surface area contributed by atoms with Crippen molar-refractivity contribution in [1.29, 1.82) is 0 Å². The van der Waals surface area contributed by atoms with E-state index in [1.54, 1.807) is 23.1 Å². The fraction of sp³-hybridized carbons (Fsp3) is 0.333. The quantitative estimate of drug-likeness (QED) is 0.105. The van der Waals surface area contributed by atoms with E-state index in [2.05, 4.69) is 66.6 Å². The van der Waals surface area contributed by atoms with Crippen LogP contribution in [0.25, 0.3) is 22.2 Å². The molecule has 0 N–H and O–H groups in total. The van der Waals surface area contributed by atoms with E-state index in [-0.39, 0.29) is 5.56 Å². The lowest BCUT2D eigenvalue weighted by molar-refractivity contribution is -0.675. The predicted molar refractivity (Wildman–Crippen MR) is 197 cm³/mol. The van der Waals surface area contributed by atoms with Gasteiger partial charge in [-0.2, -0.15) is 4.57 Å². The van der Waals surface area contributed by atoms with Crippen LogP contribution in [-0.4, -0.2) is 30.9 Å². The molecule has 1 aliphatic heterocycles. The van der Waals surface area contributed by atoms with Crippen molar-refractivity contribution in [2.75, 3.05) is 31.3 Å². The number of thiazole rings is 1. The second-order valence-corrected chi connectivity index (χ2v) is 13.5. The van der Waals surface area contributed by atoms with Crippen LogP contribution in [-0.2, 0) is 17.8 Å². The standard InChI is InChI=1S/C39H44N3O4S2/c1-7-40-31-25-33(45-11-5)26(6)23-34(31)47-35(40)24-29(27-17-13-12-14-18-27)36-37(43)42(9-3)39(48-36)28(21-22-44-10-4)38-41(8-2)30-19-15-16-20-32(30)46-38/h12-20,23-25H,7-11,21-22H2,1-6H3/q+1/b35-24?,36-29-. The number of aryl methyl sites for hydroxylation is 2. The zero-order valence-corrected chi connectivity index (χ0v) is 30.3. The molecule has 0 fully saturated rings. The number of para-hydroxylation sites is 2. The summed E-state index contributed by atoms with van der Waals surface area (Å²) in [6, 6.07) is 22.7. The lowest BCUT2D eigenvalue weighted by atomic mass is 10.1. The van der Waals surface area contributed by atoms with E-state index in [4.69, 9.17) is 13.9 Å². The maximum atomic E-state index is 14.5. The summed E-state index contributed by atoms with van der Waals surface area (Å²) >= 11 is 3.29. The number of ether oxygens (including phenoxy) is 2. The first-order valence-electron chi connectivity index (χ1n) is 16.9. The summed E-state index contributed by atoms with van der Waals surface area (Å²) in [5.74, 6) is 1.68. The lowest BCUT2D eigenvalue weighted by Crippen LogP contribution is -2.38. The maximum Gasteiger partial charge on any atom is 0.380 e. The Morgan fingerprint density at radius 2 is 1.73 bits per heavy atom. The van der Waals surface area contributed by atoms with Crippen molar-refractivity contribution in [2.45, 2.75) is 65.9 Å². The minimum atomic E-state index is -0.000640. The molecule has 9 heteroatoms. The number of allylic oxidation sites excluding steroid dienone is 1. The van der Waals surface area contributed by atoms with E-state index >= 15 is 0 Å². The monoisotopic (exact) mass is 682 g/mol. The Hall–Kier alpha value is -4.05. The van der Waals surface area contributed by atoms with Crippen LogP contribution in [0.3, 0.4) is 0 Å². The van der Waals surface area contributed by atoms with Crippen molar-refractivity contribution in [3.63, 3.8) is 0 Å². The number of fused-ring (bicyclic) bond motifs is 2. The van der Waals surface area contributed by atoms with Crippen LogP contribution < -0.4 is 29.0 Å². The van der Waals surface area contributed by atoms with Gasteiger partial charge in [0.15, 0.2) is 0 Å². The Balaban J connectivity index is 1.64. The minimum Gasteiger partial charge on any atom is -0.494 e. The number of rotatable bonds is 12. The third-order valence-corrected chi connectivity index (χ3v) is 10.9. The van der Waals surface area contributed by atoms with Crippen LogP contribution in [0.4, 0.5) is 5.69 Å². The van der Waals surface area contributed by atoms with E-state index in [0.29, 0.717) is 37.3 Å². The van der Waals surface area contributed by atoms with Gasteiger partial charge in [-0.15, -0.1) is 11.3 Å². The normalized spacial score (nSPS) is 15.0. The molecule has 0 saturated heterocycles. The van der Waals surface area contributed by atoms with Crippen LogP contribution in [0, 0.1) is 6.92 Å². The molecule has 1 aliphatic rings. The number of oxazole rings is 1. The van der Waals surface area contributed by atoms with E-state index in [0.717, 1.165) is 73.5 Å². The number of aromatic nitrogens is 2. The van der Waals surface area contributed by atoms with Crippen molar-refractivity contribution in [3.8, 4) is 5.75 Å². The van der Waals surface area contributed by atoms with Gasteiger partial charge in [0.05, 0.1) is 23.9 Å². The molecule has 2 aromatic heterocycles. The van der Waals surface area contributed by atoms with Crippen molar-refractivity contribution in [1.82, 2.24) is 4.57 Å². The number of anilines is 1.